The van der Waals surface area contributed by atoms with Crippen molar-refractivity contribution in [1.82, 2.24) is 0 Å². The number of aliphatic hydroxyl groups excluding tert-OH is 1. The van der Waals surface area contributed by atoms with Gasteiger partial charge in [0.25, 0.3) is 0 Å². The average Bonchev–Trinajstić information content (AvgIpc) is 0.918. The lowest BCUT2D eigenvalue weighted by Crippen LogP contribution is -2.30. The van der Waals surface area contributed by atoms with Crippen molar-refractivity contribution >= 4 is 39.5 Å². The van der Waals surface area contributed by atoms with Gasteiger partial charge in [-0.25, -0.2) is 9.13 Å². The van der Waals surface area contributed by atoms with Crippen LogP contribution in [0.15, 0.2) is 0 Å². The molecule has 0 fully saturated rings. The van der Waals surface area contributed by atoms with Crippen molar-refractivity contribution in [3.05, 3.63) is 0 Å². The second-order valence-electron chi connectivity index (χ2n) is 30.0. The van der Waals surface area contributed by atoms with E-state index in [4.69, 9.17) is 37.0 Å². The van der Waals surface area contributed by atoms with Gasteiger partial charge in [0.05, 0.1) is 26.4 Å². The van der Waals surface area contributed by atoms with E-state index in [-0.39, 0.29) is 25.7 Å². The molecular formula is C82H160O17P2. The smallest absolute Gasteiger partial charge is 0.462 e. The molecule has 5 atom stereocenters. The van der Waals surface area contributed by atoms with Crippen LogP contribution in [0.1, 0.15) is 439 Å². The van der Waals surface area contributed by atoms with Crippen molar-refractivity contribution in [2.45, 2.75) is 457 Å². The standard InChI is InChI=1S/C82H160O17P2/c1-6-9-12-15-18-21-24-27-28-29-30-31-32-33-34-36-43-48-53-58-63-68-82(87)99-78(72-93-80(85)66-61-56-51-46-41-38-37-39-44-49-54-59-64-75(4)5)74-97-101(90,91)95-70-76(83)69-94-100(88,89)96-73-77(71-92-79(84)65-60-55-50-45-40-26-23-20-17-14-11-8-3)98-81(86)67-62-57-52-47-42-35-25-22-19-16-13-10-7-2/h75-78,83H,6-74H2,1-5H3,(H,88,89)(H,90,91)/t76-,77+,78+/m0/s1. The van der Waals surface area contributed by atoms with Gasteiger partial charge in [0.2, 0.25) is 0 Å². The summed E-state index contributed by atoms with van der Waals surface area (Å²) >= 11 is 0. The first-order valence-corrected chi connectivity index (χ1v) is 45.6. The molecule has 600 valence electrons. The molecule has 0 spiro atoms. The highest BCUT2D eigenvalue weighted by Crippen LogP contribution is 2.45. The number of hydrogen-bond donors (Lipinski definition) is 3. The number of esters is 4. The van der Waals surface area contributed by atoms with Gasteiger partial charge >= 0.3 is 39.5 Å². The van der Waals surface area contributed by atoms with E-state index in [0.717, 1.165) is 95.8 Å². The molecule has 0 amide bonds. The molecule has 19 heteroatoms. The van der Waals surface area contributed by atoms with Crippen LogP contribution in [0.2, 0.25) is 0 Å². The Morgan fingerprint density at radius 3 is 0.673 bits per heavy atom. The van der Waals surface area contributed by atoms with E-state index < -0.39 is 97.5 Å². The number of rotatable bonds is 82. The molecule has 101 heavy (non-hydrogen) atoms. The van der Waals surface area contributed by atoms with Crippen LogP contribution in [0.5, 0.6) is 0 Å². The Labute approximate surface area is 619 Å². The monoisotopic (exact) mass is 1480 g/mol. The van der Waals surface area contributed by atoms with Gasteiger partial charge < -0.3 is 33.8 Å². The minimum atomic E-state index is -4.96. The molecule has 0 saturated carbocycles. The number of carbonyl (C=O) groups excluding carboxylic acids is 4. The van der Waals surface area contributed by atoms with Crippen LogP contribution < -0.4 is 0 Å². The second-order valence-corrected chi connectivity index (χ2v) is 32.9. The van der Waals surface area contributed by atoms with Crippen LogP contribution in [-0.4, -0.2) is 96.7 Å². The maximum absolute atomic E-state index is 13.1. The lowest BCUT2D eigenvalue weighted by molar-refractivity contribution is -0.161. The molecule has 0 aliphatic rings. The first kappa shape index (κ1) is 99.1. The third kappa shape index (κ3) is 76.1. The normalized spacial score (nSPS) is 13.8. The summed E-state index contributed by atoms with van der Waals surface area (Å²) in [6, 6.07) is 0. The minimum absolute atomic E-state index is 0.108. The molecule has 2 unspecified atom stereocenters. The highest BCUT2D eigenvalue weighted by molar-refractivity contribution is 7.47. The maximum Gasteiger partial charge on any atom is 0.472 e. The first-order valence-electron chi connectivity index (χ1n) is 42.6. The van der Waals surface area contributed by atoms with E-state index >= 15 is 0 Å². The highest BCUT2D eigenvalue weighted by atomic mass is 31.2. The lowest BCUT2D eigenvalue weighted by atomic mass is 10.0. The molecule has 0 rings (SSSR count). The van der Waals surface area contributed by atoms with Gasteiger partial charge in [0.15, 0.2) is 12.2 Å². The Balaban J connectivity index is 5.23. The number of carbonyl (C=O) groups is 4. The Kier molecular flexibility index (Phi) is 73.5. The largest absolute Gasteiger partial charge is 0.472 e. The SMILES string of the molecule is CCCCCCCCCCCCCCCCCCCCCCCC(=O)O[C@H](COC(=O)CCCCCCCCCCCCCCC(C)C)COP(=O)(O)OC[C@@H](O)COP(=O)(O)OC[C@@H](COC(=O)CCCCCCCCCCCCCC)OC(=O)CCCCCCCCCCCCCCC. The molecule has 0 aliphatic heterocycles. The molecule has 0 bridgehead atoms. The zero-order chi connectivity index (χ0) is 74.1. The van der Waals surface area contributed by atoms with Crippen molar-refractivity contribution in [2.24, 2.45) is 5.92 Å². The van der Waals surface area contributed by atoms with Gasteiger partial charge in [0.1, 0.15) is 19.3 Å². The molecule has 0 aromatic carbocycles. The summed E-state index contributed by atoms with van der Waals surface area (Å²) in [7, 11) is -9.92. The van der Waals surface area contributed by atoms with E-state index in [2.05, 4.69) is 34.6 Å². The summed E-state index contributed by atoms with van der Waals surface area (Å²) in [6.45, 7) is 7.35. The quantitative estimate of drug-likeness (QED) is 0.0222. The Morgan fingerprint density at radius 1 is 0.267 bits per heavy atom. The van der Waals surface area contributed by atoms with Gasteiger partial charge in [0, 0.05) is 25.7 Å². The molecule has 0 aromatic rings. The van der Waals surface area contributed by atoms with Crippen molar-refractivity contribution in [3.8, 4) is 0 Å². The van der Waals surface area contributed by atoms with Crippen LogP contribution in [0.25, 0.3) is 0 Å². The first-order chi connectivity index (χ1) is 49.0. The minimum Gasteiger partial charge on any atom is -0.462 e. The predicted molar refractivity (Wildman–Crippen MR) is 414 cm³/mol. The molecule has 17 nitrogen and oxygen atoms in total. The van der Waals surface area contributed by atoms with E-state index in [1.807, 2.05) is 0 Å². The van der Waals surface area contributed by atoms with Crippen molar-refractivity contribution < 1.29 is 80.2 Å². The van der Waals surface area contributed by atoms with Crippen LogP contribution in [-0.2, 0) is 65.4 Å². The van der Waals surface area contributed by atoms with E-state index in [9.17, 15) is 43.2 Å². The van der Waals surface area contributed by atoms with E-state index in [1.165, 1.54) is 263 Å². The van der Waals surface area contributed by atoms with Crippen molar-refractivity contribution in [3.63, 3.8) is 0 Å². The fraction of sp³-hybridized carbons (Fsp3) is 0.951. The molecule has 0 saturated heterocycles. The number of phosphoric acid groups is 2. The van der Waals surface area contributed by atoms with Crippen LogP contribution >= 0.6 is 15.6 Å². The summed E-state index contributed by atoms with van der Waals surface area (Å²) in [5.41, 5.74) is 0. The van der Waals surface area contributed by atoms with Crippen LogP contribution in [0, 0.1) is 5.92 Å². The molecular weight excluding hydrogens is 1320 g/mol. The number of aliphatic hydroxyl groups is 1. The third-order valence-electron chi connectivity index (χ3n) is 19.3. The zero-order valence-corrected chi connectivity index (χ0v) is 67.8. The molecule has 0 heterocycles. The summed E-state index contributed by atoms with van der Waals surface area (Å²) < 4.78 is 68.8. The Morgan fingerprint density at radius 2 is 0.455 bits per heavy atom. The van der Waals surface area contributed by atoms with Gasteiger partial charge in [-0.1, -0.05) is 388 Å². The summed E-state index contributed by atoms with van der Waals surface area (Å²) in [6.07, 6.45) is 66.5. The predicted octanol–water partition coefficient (Wildman–Crippen LogP) is 24.8. The van der Waals surface area contributed by atoms with E-state index in [0.29, 0.717) is 25.7 Å². The fourth-order valence-electron chi connectivity index (χ4n) is 12.8. The highest BCUT2D eigenvalue weighted by Gasteiger charge is 2.30. The van der Waals surface area contributed by atoms with Gasteiger partial charge in [-0.3, -0.25) is 37.3 Å². The molecule has 3 N–H and O–H groups in total. The fourth-order valence-corrected chi connectivity index (χ4v) is 14.3. The maximum atomic E-state index is 13.1. The number of phosphoric ester groups is 2. The number of unbranched alkanes of at least 4 members (excludes halogenated alkanes) is 54. The van der Waals surface area contributed by atoms with Crippen LogP contribution in [0.3, 0.4) is 0 Å². The molecule has 0 radical (unpaired) electrons. The Bertz CT molecular complexity index is 1930. The Hall–Kier alpha value is -1.94. The van der Waals surface area contributed by atoms with Crippen LogP contribution in [0.4, 0.5) is 0 Å². The summed E-state index contributed by atoms with van der Waals surface area (Å²) in [5, 5.41) is 10.6. The lowest BCUT2D eigenvalue weighted by Gasteiger charge is -2.21. The second kappa shape index (κ2) is 74.9. The van der Waals surface area contributed by atoms with Gasteiger partial charge in [-0.2, -0.15) is 0 Å². The van der Waals surface area contributed by atoms with Gasteiger partial charge in [-0.05, 0) is 31.6 Å². The summed E-state index contributed by atoms with van der Waals surface area (Å²) in [5.74, 6) is -1.32. The van der Waals surface area contributed by atoms with Crippen molar-refractivity contribution in [1.29, 1.82) is 0 Å². The average molecular weight is 1480 g/mol. The number of hydrogen-bond acceptors (Lipinski definition) is 15. The molecule has 0 aliphatic carbocycles. The topological polar surface area (TPSA) is 237 Å². The number of ether oxygens (including phenoxy) is 4. The van der Waals surface area contributed by atoms with E-state index in [1.54, 1.807) is 0 Å². The summed E-state index contributed by atoms with van der Waals surface area (Å²) in [4.78, 5) is 73.1. The zero-order valence-electron chi connectivity index (χ0n) is 66.1. The molecule has 0 aromatic heterocycles. The third-order valence-corrected chi connectivity index (χ3v) is 21.2. The van der Waals surface area contributed by atoms with Gasteiger partial charge in [-0.15, -0.1) is 0 Å². The van der Waals surface area contributed by atoms with Crippen molar-refractivity contribution in [2.75, 3.05) is 39.6 Å².